The second-order valence-corrected chi connectivity index (χ2v) is 5.81. The Hall–Kier alpha value is -2.31. The second-order valence-electron chi connectivity index (χ2n) is 5.81. The maximum absolute atomic E-state index is 5.97. The van der Waals surface area contributed by atoms with Gasteiger partial charge in [-0.3, -0.25) is 4.98 Å². The van der Waals surface area contributed by atoms with E-state index >= 15 is 0 Å². The van der Waals surface area contributed by atoms with Gasteiger partial charge in [-0.2, -0.15) is 4.98 Å². The Balaban J connectivity index is 0.00000156. The van der Waals surface area contributed by atoms with E-state index in [1.807, 2.05) is 26.4 Å². The molecule has 0 unspecified atom stereocenters. The Labute approximate surface area is 159 Å². The van der Waals surface area contributed by atoms with Crippen molar-refractivity contribution in [3.63, 3.8) is 0 Å². The van der Waals surface area contributed by atoms with Gasteiger partial charge in [-0.05, 0) is 24.1 Å². The number of nitrogen functional groups attached to an aromatic ring is 2. The summed E-state index contributed by atoms with van der Waals surface area (Å²) >= 11 is 0. The van der Waals surface area contributed by atoms with Gasteiger partial charge < -0.3 is 16.4 Å². The van der Waals surface area contributed by atoms with E-state index in [-0.39, 0.29) is 30.8 Å². The maximum Gasteiger partial charge on any atom is 0.221 e. The minimum absolute atomic E-state index is 0. The zero-order chi connectivity index (χ0) is 16.6. The van der Waals surface area contributed by atoms with Crippen molar-refractivity contribution < 1.29 is 0 Å². The van der Waals surface area contributed by atoms with Crippen LogP contribution in [0, 0.1) is 6.92 Å². The zero-order valence-electron chi connectivity index (χ0n) is 14.4. The normalized spacial score (nSPS) is 10.0. The molecular weight excluding hydrogens is 359 g/mol. The van der Waals surface area contributed by atoms with E-state index in [1.54, 1.807) is 6.20 Å². The SMILES string of the molecule is Cc1cc(Cc2cnc(N)nc2N)c2cccnc2c1N(C)C.Cl.Cl. The van der Waals surface area contributed by atoms with Gasteiger partial charge >= 0.3 is 0 Å². The molecule has 1 aromatic carbocycles. The first-order chi connectivity index (χ1) is 11.0. The van der Waals surface area contributed by atoms with Crippen LogP contribution in [-0.4, -0.2) is 29.0 Å². The van der Waals surface area contributed by atoms with E-state index in [0.29, 0.717) is 12.2 Å². The maximum atomic E-state index is 5.97. The monoisotopic (exact) mass is 380 g/mol. The molecule has 3 aromatic rings. The molecule has 0 saturated carbocycles. The smallest absolute Gasteiger partial charge is 0.221 e. The molecule has 0 saturated heterocycles. The molecule has 6 nitrogen and oxygen atoms in total. The van der Waals surface area contributed by atoms with Crippen LogP contribution in [0.3, 0.4) is 0 Å². The number of benzene rings is 1. The summed E-state index contributed by atoms with van der Waals surface area (Å²) in [6.07, 6.45) is 4.15. The number of nitrogens with zero attached hydrogens (tertiary/aromatic N) is 4. The highest BCUT2D eigenvalue weighted by Crippen LogP contribution is 2.32. The van der Waals surface area contributed by atoms with Gasteiger partial charge in [-0.1, -0.05) is 12.1 Å². The molecule has 0 aliphatic rings. The lowest BCUT2D eigenvalue weighted by Gasteiger charge is -2.20. The van der Waals surface area contributed by atoms with Gasteiger partial charge in [-0.15, -0.1) is 24.8 Å². The summed E-state index contributed by atoms with van der Waals surface area (Å²) in [5, 5.41) is 1.11. The molecular formula is C17H22Cl2N6. The number of halogens is 2. The molecule has 3 rings (SSSR count). The van der Waals surface area contributed by atoms with E-state index in [9.17, 15) is 0 Å². The molecule has 0 aliphatic heterocycles. The van der Waals surface area contributed by atoms with Gasteiger partial charge in [0.1, 0.15) is 5.82 Å². The number of anilines is 3. The fourth-order valence-corrected chi connectivity index (χ4v) is 2.93. The van der Waals surface area contributed by atoms with Crippen LogP contribution >= 0.6 is 24.8 Å². The summed E-state index contributed by atoms with van der Waals surface area (Å²) in [6.45, 7) is 2.09. The third kappa shape index (κ3) is 4.03. The highest BCUT2D eigenvalue weighted by Gasteiger charge is 2.14. The van der Waals surface area contributed by atoms with E-state index in [0.717, 1.165) is 27.7 Å². The van der Waals surface area contributed by atoms with E-state index in [4.69, 9.17) is 11.5 Å². The van der Waals surface area contributed by atoms with Crippen molar-refractivity contribution in [1.82, 2.24) is 15.0 Å². The molecule has 0 amide bonds. The Morgan fingerprint density at radius 3 is 2.44 bits per heavy atom. The minimum Gasteiger partial charge on any atom is -0.383 e. The van der Waals surface area contributed by atoms with Crippen molar-refractivity contribution in [1.29, 1.82) is 0 Å². The van der Waals surface area contributed by atoms with Crippen molar-refractivity contribution in [3.8, 4) is 0 Å². The van der Waals surface area contributed by atoms with Gasteiger partial charge in [0.05, 0.1) is 11.2 Å². The molecule has 2 heterocycles. The number of hydrogen-bond donors (Lipinski definition) is 2. The zero-order valence-corrected chi connectivity index (χ0v) is 16.0. The number of hydrogen-bond acceptors (Lipinski definition) is 6. The number of nitrogens with two attached hydrogens (primary N) is 2. The third-order valence-electron chi connectivity index (χ3n) is 3.89. The average Bonchev–Trinajstić information content (AvgIpc) is 2.49. The summed E-state index contributed by atoms with van der Waals surface area (Å²) in [4.78, 5) is 14.8. The van der Waals surface area contributed by atoms with Gasteiger partial charge in [0.25, 0.3) is 0 Å². The Morgan fingerprint density at radius 2 is 1.80 bits per heavy atom. The van der Waals surface area contributed by atoms with Crippen LogP contribution < -0.4 is 16.4 Å². The fourth-order valence-electron chi connectivity index (χ4n) is 2.93. The lowest BCUT2D eigenvalue weighted by atomic mass is 9.97. The van der Waals surface area contributed by atoms with E-state index in [2.05, 4.69) is 38.9 Å². The molecule has 8 heteroatoms. The number of fused-ring (bicyclic) bond motifs is 1. The highest BCUT2D eigenvalue weighted by molar-refractivity contribution is 5.95. The lowest BCUT2D eigenvalue weighted by Crippen LogP contribution is -2.12. The van der Waals surface area contributed by atoms with Crippen molar-refractivity contribution in [2.45, 2.75) is 13.3 Å². The summed E-state index contributed by atoms with van der Waals surface area (Å²) in [7, 11) is 4.06. The Morgan fingerprint density at radius 1 is 1.08 bits per heavy atom. The molecule has 0 bridgehead atoms. The molecule has 0 spiro atoms. The largest absolute Gasteiger partial charge is 0.383 e. The van der Waals surface area contributed by atoms with E-state index in [1.165, 1.54) is 5.56 Å². The fraction of sp³-hybridized carbons (Fsp3) is 0.235. The second kappa shape index (κ2) is 8.18. The molecule has 25 heavy (non-hydrogen) atoms. The number of rotatable bonds is 3. The van der Waals surface area contributed by atoms with Crippen LogP contribution in [0.5, 0.6) is 0 Å². The van der Waals surface area contributed by atoms with Crippen LogP contribution in [0.4, 0.5) is 17.5 Å². The lowest BCUT2D eigenvalue weighted by molar-refractivity contribution is 1.08. The standard InChI is InChI=1S/C17H20N6.2ClH/c1-10-7-11(8-12-9-21-17(19)22-16(12)18)13-5-4-6-20-14(13)15(10)23(2)3;;/h4-7,9H,8H2,1-3H3,(H4,18,19,21,22);2*1H. The first kappa shape index (κ1) is 20.7. The molecule has 2 aromatic heterocycles. The Bertz CT molecular complexity index is 882. The van der Waals surface area contributed by atoms with Crippen molar-refractivity contribution in [2.75, 3.05) is 30.5 Å². The summed E-state index contributed by atoms with van der Waals surface area (Å²) in [5.74, 6) is 0.612. The first-order valence-corrected chi connectivity index (χ1v) is 7.38. The molecule has 4 N–H and O–H groups in total. The molecule has 0 radical (unpaired) electrons. The topological polar surface area (TPSA) is 93.9 Å². The van der Waals surface area contributed by atoms with Gasteiger partial charge in [-0.25, -0.2) is 4.98 Å². The van der Waals surface area contributed by atoms with Crippen LogP contribution in [-0.2, 0) is 6.42 Å². The summed E-state index contributed by atoms with van der Waals surface area (Å²) < 4.78 is 0. The van der Waals surface area contributed by atoms with Crippen LogP contribution in [0.15, 0.2) is 30.6 Å². The Kier molecular flexibility index (Phi) is 6.78. The number of aromatic nitrogens is 3. The number of aryl methyl sites for hydroxylation is 1. The van der Waals surface area contributed by atoms with Gasteiger partial charge in [0.15, 0.2) is 0 Å². The van der Waals surface area contributed by atoms with Crippen LogP contribution in [0.1, 0.15) is 16.7 Å². The van der Waals surface area contributed by atoms with Gasteiger partial charge in [0, 0.05) is 43.9 Å². The molecule has 134 valence electrons. The van der Waals surface area contributed by atoms with E-state index < -0.39 is 0 Å². The first-order valence-electron chi connectivity index (χ1n) is 7.38. The number of pyridine rings is 1. The molecule has 0 aliphatic carbocycles. The van der Waals surface area contributed by atoms with Crippen molar-refractivity contribution >= 4 is 53.2 Å². The summed E-state index contributed by atoms with van der Waals surface area (Å²) in [5.41, 5.74) is 16.8. The van der Waals surface area contributed by atoms with Gasteiger partial charge in [0.2, 0.25) is 5.95 Å². The highest BCUT2D eigenvalue weighted by atomic mass is 35.5. The quantitative estimate of drug-likeness (QED) is 0.724. The molecule has 0 fully saturated rings. The third-order valence-corrected chi connectivity index (χ3v) is 3.89. The average molecular weight is 381 g/mol. The molecule has 0 atom stereocenters. The van der Waals surface area contributed by atoms with Crippen LogP contribution in [0.25, 0.3) is 10.9 Å². The van der Waals surface area contributed by atoms with Crippen molar-refractivity contribution in [3.05, 3.63) is 47.3 Å². The predicted octanol–water partition coefficient (Wildman–Crippen LogP) is 3.00. The van der Waals surface area contributed by atoms with Crippen molar-refractivity contribution in [2.24, 2.45) is 0 Å². The minimum atomic E-state index is 0. The summed E-state index contributed by atoms with van der Waals surface area (Å²) in [6, 6.07) is 6.21. The predicted molar refractivity (Wildman–Crippen MR) is 109 cm³/mol. The van der Waals surface area contributed by atoms with Crippen LogP contribution in [0.2, 0.25) is 0 Å².